The molecular weight excluding hydrogens is 240 g/mol. The van der Waals surface area contributed by atoms with Crippen molar-refractivity contribution in [1.82, 2.24) is 5.32 Å². The molecule has 4 heteroatoms. The molecule has 0 aliphatic carbocycles. The molecule has 4 nitrogen and oxygen atoms in total. The Kier molecular flexibility index (Phi) is 7.60. The fourth-order valence-electron chi connectivity index (χ4n) is 1.97. The van der Waals surface area contributed by atoms with E-state index in [2.05, 4.69) is 39.9 Å². The molecule has 0 aromatic carbocycles. The lowest BCUT2D eigenvalue weighted by Crippen LogP contribution is -2.38. The van der Waals surface area contributed by atoms with Crippen LogP contribution in [0.2, 0.25) is 0 Å². The van der Waals surface area contributed by atoms with Gasteiger partial charge in [-0.05, 0) is 23.7 Å². The molecule has 1 unspecified atom stereocenters. The quantitative estimate of drug-likeness (QED) is 0.712. The second kappa shape index (κ2) is 7.85. The van der Waals surface area contributed by atoms with Gasteiger partial charge in [-0.15, -0.1) is 0 Å². The summed E-state index contributed by atoms with van der Waals surface area (Å²) in [6.45, 7) is 12.0. The first-order valence-corrected chi connectivity index (χ1v) is 7.07. The summed E-state index contributed by atoms with van der Waals surface area (Å²) in [5.41, 5.74) is 6.22. The molecule has 0 aliphatic rings. The van der Waals surface area contributed by atoms with Crippen LogP contribution in [0, 0.1) is 10.8 Å². The number of carbonyl (C=O) groups is 1. The summed E-state index contributed by atoms with van der Waals surface area (Å²) in [6, 6.07) is -0.0675. The van der Waals surface area contributed by atoms with E-state index >= 15 is 0 Å². The van der Waals surface area contributed by atoms with Crippen LogP contribution in [0.3, 0.4) is 0 Å². The van der Waals surface area contributed by atoms with Gasteiger partial charge in [-0.1, -0.05) is 34.6 Å². The van der Waals surface area contributed by atoms with Gasteiger partial charge in [0.05, 0.1) is 0 Å². The van der Waals surface area contributed by atoms with E-state index in [4.69, 9.17) is 10.5 Å². The standard InChI is InChI=1S/C15H32N2O2/c1-14(2,3)10-12(16)9-13(18)17-11-15(4,5)7-8-19-6/h12H,7-11,16H2,1-6H3,(H,17,18). The molecule has 0 radical (unpaired) electrons. The maximum atomic E-state index is 11.8. The van der Waals surface area contributed by atoms with Gasteiger partial charge < -0.3 is 15.8 Å². The third-order valence-electron chi connectivity index (χ3n) is 3.07. The van der Waals surface area contributed by atoms with E-state index in [9.17, 15) is 4.79 Å². The molecule has 0 saturated heterocycles. The predicted molar refractivity (Wildman–Crippen MR) is 79.9 cm³/mol. The van der Waals surface area contributed by atoms with Crippen molar-refractivity contribution in [2.75, 3.05) is 20.3 Å². The van der Waals surface area contributed by atoms with E-state index in [-0.39, 0.29) is 22.8 Å². The van der Waals surface area contributed by atoms with Crippen molar-refractivity contribution in [2.24, 2.45) is 16.6 Å². The Balaban J connectivity index is 3.98. The molecule has 0 rings (SSSR count). The van der Waals surface area contributed by atoms with Crippen molar-refractivity contribution in [3.8, 4) is 0 Å². The van der Waals surface area contributed by atoms with Crippen molar-refractivity contribution in [1.29, 1.82) is 0 Å². The Morgan fingerprint density at radius 1 is 1.26 bits per heavy atom. The molecule has 0 aromatic rings. The second-order valence-electron chi connectivity index (χ2n) is 7.41. The third-order valence-corrected chi connectivity index (χ3v) is 3.07. The van der Waals surface area contributed by atoms with Gasteiger partial charge in [0.25, 0.3) is 0 Å². The minimum Gasteiger partial charge on any atom is -0.385 e. The Morgan fingerprint density at radius 2 is 1.84 bits per heavy atom. The number of rotatable bonds is 8. The average Bonchev–Trinajstić information content (AvgIpc) is 2.21. The maximum absolute atomic E-state index is 11.8. The first kappa shape index (κ1) is 18.4. The number of methoxy groups -OCH3 is 1. The SMILES string of the molecule is COCCC(C)(C)CNC(=O)CC(N)CC(C)(C)C. The highest BCUT2D eigenvalue weighted by Gasteiger charge is 2.21. The van der Waals surface area contributed by atoms with E-state index in [1.54, 1.807) is 7.11 Å². The third kappa shape index (κ3) is 11.0. The number of nitrogens with one attached hydrogen (secondary N) is 1. The summed E-state index contributed by atoms with van der Waals surface area (Å²) < 4.78 is 5.07. The van der Waals surface area contributed by atoms with Gasteiger partial charge in [0.2, 0.25) is 5.91 Å². The first-order valence-electron chi connectivity index (χ1n) is 7.07. The molecule has 0 aliphatic heterocycles. The zero-order chi connectivity index (χ0) is 15.1. The molecule has 3 N–H and O–H groups in total. The first-order chi connectivity index (χ1) is 8.56. The average molecular weight is 272 g/mol. The van der Waals surface area contributed by atoms with Crippen LogP contribution in [0.4, 0.5) is 0 Å². The Bertz CT molecular complexity index is 270. The van der Waals surface area contributed by atoms with Gasteiger partial charge in [-0.25, -0.2) is 0 Å². The summed E-state index contributed by atoms with van der Waals surface area (Å²) in [5.74, 6) is 0.0437. The van der Waals surface area contributed by atoms with Crippen LogP contribution in [-0.4, -0.2) is 32.2 Å². The zero-order valence-corrected chi connectivity index (χ0v) is 13.5. The van der Waals surface area contributed by atoms with E-state index in [1.807, 2.05) is 0 Å². The van der Waals surface area contributed by atoms with Crippen LogP contribution in [0.15, 0.2) is 0 Å². The van der Waals surface area contributed by atoms with Crippen LogP contribution >= 0.6 is 0 Å². The normalized spacial score (nSPS) is 14.3. The summed E-state index contributed by atoms with van der Waals surface area (Å²) in [7, 11) is 1.69. The van der Waals surface area contributed by atoms with E-state index in [0.29, 0.717) is 19.6 Å². The Hall–Kier alpha value is -0.610. The van der Waals surface area contributed by atoms with Crippen LogP contribution in [0.5, 0.6) is 0 Å². The number of hydrogen-bond acceptors (Lipinski definition) is 3. The van der Waals surface area contributed by atoms with Crippen molar-refractivity contribution < 1.29 is 9.53 Å². The van der Waals surface area contributed by atoms with E-state index < -0.39 is 0 Å². The highest BCUT2D eigenvalue weighted by molar-refractivity contribution is 5.76. The van der Waals surface area contributed by atoms with Gasteiger partial charge in [-0.2, -0.15) is 0 Å². The van der Waals surface area contributed by atoms with Gasteiger partial charge in [-0.3, -0.25) is 4.79 Å². The number of hydrogen-bond donors (Lipinski definition) is 2. The molecule has 0 heterocycles. The fourth-order valence-corrected chi connectivity index (χ4v) is 1.97. The van der Waals surface area contributed by atoms with Crippen LogP contribution in [-0.2, 0) is 9.53 Å². The highest BCUT2D eigenvalue weighted by Crippen LogP contribution is 2.21. The van der Waals surface area contributed by atoms with Crippen LogP contribution < -0.4 is 11.1 Å². The fraction of sp³-hybridized carbons (Fsp3) is 0.933. The molecule has 1 amide bonds. The molecule has 0 spiro atoms. The van der Waals surface area contributed by atoms with E-state index in [1.165, 1.54) is 0 Å². The molecule has 0 fully saturated rings. The van der Waals surface area contributed by atoms with Crippen molar-refractivity contribution >= 4 is 5.91 Å². The molecule has 1 atom stereocenters. The summed E-state index contributed by atoms with van der Waals surface area (Å²) in [4.78, 5) is 11.8. The molecule has 0 aromatic heterocycles. The van der Waals surface area contributed by atoms with Crippen LogP contribution in [0.25, 0.3) is 0 Å². The van der Waals surface area contributed by atoms with Gasteiger partial charge in [0, 0.05) is 32.7 Å². The number of nitrogens with two attached hydrogens (primary N) is 1. The van der Waals surface area contributed by atoms with E-state index in [0.717, 1.165) is 12.8 Å². The van der Waals surface area contributed by atoms with Crippen molar-refractivity contribution in [2.45, 2.75) is 59.9 Å². The van der Waals surface area contributed by atoms with Gasteiger partial charge >= 0.3 is 0 Å². The second-order valence-corrected chi connectivity index (χ2v) is 7.41. The minimum absolute atomic E-state index is 0.0437. The van der Waals surface area contributed by atoms with Crippen molar-refractivity contribution in [3.63, 3.8) is 0 Å². The summed E-state index contributed by atoms with van der Waals surface area (Å²) in [5, 5.41) is 2.97. The largest absolute Gasteiger partial charge is 0.385 e. The van der Waals surface area contributed by atoms with Gasteiger partial charge in [0.1, 0.15) is 0 Å². The molecule has 114 valence electrons. The van der Waals surface area contributed by atoms with Gasteiger partial charge in [0.15, 0.2) is 0 Å². The molecule has 0 saturated carbocycles. The maximum Gasteiger partial charge on any atom is 0.221 e. The highest BCUT2D eigenvalue weighted by atomic mass is 16.5. The topological polar surface area (TPSA) is 64.3 Å². The number of amides is 1. The lowest BCUT2D eigenvalue weighted by Gasteiger charge is -2.26. The molecular formula is C15H32N2O2. The van der Waals surface area contributed by atoms with Crippen LogP contribution in [0.1, 0.15) is 53.9 Å². The summed E-state index contributed by atoms with van der Waals surface area (Å²) in [6.07, 6.45) is 2.18. The monoisotopic (exact) mass is 272 g/mol. The zero-order valence-electron chi connectivity index (χ0n) is 13.5. The molecule has 0 bridgehead atoms. The van der Waals surface area contributed by atoms with Crippen molar-refractivity contribution in [3.05, 3.63) is 0 Å². The lowest BCUT2D eigenvalue weighted by molar-refractivity contribution is -0.122. The lowest BCUT2D eigenvalue weighted by atomic mass is 9.87. The molecule has 19 heavy (non-hydrogen) atoms. The smallest absolute Gasteiger partial charge is 0.221 e. The Labute approximate surface area is 118 Å². The Morgan fingerprint density at radius 3 is 2.32 bits per heavy atom. The number of carbonyl (C=O) groups excluding carboxylic acids is 1. The minimum atomic E-state index is -0.0675. The summed E-state index contributed by atoms with van der Waals surface area (Å²) >= 11 is 0. The number of ether oxygens (including phenoxy) is 1. The predicted octanol–water partition coefficient (Wildman–Crippen LogP) is 2.32.